The first-order valence-corrected chi connectivity index (χ1v) is 11.6. The molecule has 0 radical (unpaired) electrons. The fraction of sp³-hybridized carbons (Fsp3) is 0.417. The van der Waals surface area contributed by atoms with E-state index in [2.05, 4.69) is 54.0 Å². The molecule has 2 amide bonds. The Labute approximate surface area is 177 Å². The first kappa shape index (κ1) is 20.0. The molecule has 2 aromatic carbocycles. The molecule has 1 N–H and O–H groups in total. The smallest absolute Gasteiger partial charge is 0.222 e. The lowest BCUT2D eigenvalue weighted by molar-refractivity contribution is -0.132. The third-order valence-corrected chi connectivity index (χ3v) is 6.98. The maximum atomic E-state index is 12.9. The maximum absolute atomic E-state index is 12.9. The number of carbonyl (C=O) groups is 2. The second-order valence-electron chi connectivity index (χ2n) is 8.19. The first-order chi connectivity index (χ1) is 14.1. The summed E-state index contributed by atoms with van der Waals surface area (Å²) >= 11 is 1.72. The van der Waals surface area contributed by atoms with Crippen molar-refractivity contribution in [2.24, 2.45) is 0 Å². The van der Waals surface area contributed by atoms with Gasteiger partial charge in [0, 0.05) is 36.4 Å². The van der Waals surface area contributed by atoms with E-state index in [0.717, 1.165) is 25.8 Å². The number of nitrogens with zero attached hydrogens (tertiary/aromatic N) is 1. The lowest BCUT2D eigenvalue weighted by atomic mass is 9.84. The molecule has 0 unspecified atom stereocenters. The van der Waals surface area contributed by atoms with Gasteiger partial charge < -0.3 is 10.2 Å². The highest BCUT2D eigenvalue weighted by molar-refractivity contribution is 7.98. The molecule has 2 aliphatic heterocycles. The highest BCUT2D eigenvalue weighted by Gasteiger charge is 2.38. The number of carbonyl (C=O) groups excluding carboxylic acids is 2. The Kier molecular flexibility index (Phi) is 5.95. The van der Waals surface area contributed by atoms with E-state index in [4.69, 9.17) is 0 Å². The Morgan fingerprint density at radius 2 is 1.86 bits per heavy atom. The highest BCUT2D eigenvalue weighted by Crippen LogP contribution is 2.31. The van der Waals surface area contributed by atoms with E-state index in [1.54, 1.807) is 11.8 Å². The van der Waals surface area contributed by atoms with E-state index >= 15 is 0 Å². The molecule has 0 aromatic heterocycles. The number of amides is 2. The minimum Gasteiger partial charge on any atom is -0.350 e. The number of fused-ring (bicyclic) bond motifs is 1. The van der Waals surface area contributed by atoms with Crippen molar-refractivity contribution in [3.05, 3.63) is 65.2 Å². The molecule has 1 fully saturated rings. The van der Waals surface area contributed by atoms with E-state index in [9.17, 15) is 9.59 Å². The zero-order valence-electron chi connectivity index (χ0n) is 16.9. The van der Waals surface area contributed by atoms with Crippen molar-refractivity contribution < 1.29 is 9.59 Å². The Morgan fingerprint density at radius 1 is 1.10 bits per heavy atom. The van der Waals surface area contributed by atoms with Crippen LogP contribution < -0.4 is 5.32 Å². The molecule has 152 valence electrons. The van der Waals surface area contributed by atoms with Crippen molar-refractivity contribution in [3.63, 3.8) is 0 Å². The fourth-order valence-electron chi connectivity index (χ4n) is 4.53. The fourth-order valence-corrected chi connectivity index (χ4v) is 4.94. The molecule has 0 bridgehead atoms. The molecule has 1 saturated heterocycles. The van der Waals surface area contributed by atoms with Crippen LogP contribution in [-0.2, 0) is 29.0 Å². The molecule has 0 aliphatic carbocycles. The summed E-state index contributed by atoms with van der Waals surface area (Å²) in [6, 6.07) is 16.9. The van der Waals surface area contributed by atoms with Crippen molar-refractivity contribution in [2.45, 2.75) is 55.5 Å². The van der Waals surface area contributed by atoms with Crippen molar-refractivity contribution in [1.29, 1.82) is 0 Å². The first-order valence-electron chi connectivity index (χ1n) is 10.4. The molecule has 4 nitrogen and oxygen atoms in total. The summed E-state index contributed by atoms with van der Waals surface area (Å²) < 4.78 is 0. The minimum absolute atomic E-state index is 0.102. The number of benzene rings is 2. The summed E-state index contributed by atoms with van der Waals surface area (Å²) in [6.45, 7) is 1.48. The molecule has 2 aliphatic rings. The van der Waals surface area contributed by atoms with Gasteiger partial charge in [0.05, 0.1) is 0 Å². The third kappa shape index (κ3) is 4.67. The van der Waals surface area contributed by atoms with E-state index in [0.29, 0.717) is 25.8 Å². The molecule has 2 heterocycles. The van der Waals surface area contributed by atoms with Gasteiger partial charge in [-0.3, -0.25) is 9.59 Å². The van der Waals surface area contributed by atoms with Crippen LogP contribution in [0.15, 0.2) is 53.4 Å². The monoisotopic (exact) mass is 408 g/mol. The van der Waals surface area contributed by atoms with Gasteiger partial charge in [0.15, 0.2) is 0 Å². The normalized spacial score (nSPS) is 21.0. The van der Waals surface area contributed by atoms with Gasteiger partial charge in [-0.1, -0.05) is 36.4 Å². The predicted octanol–water partition coefficient (Wildman–Crippen LogP) is 3.96. The SMILES string of the molecule is CSc1ccc(C[C@]2(CCC(=O)N3CCc4ccccc4C3)CCC(=O)N2)cc1. The van der Waals surface area contributed by atoms with E-state index in [-0.39, 0.29) is 17.4 Å². The molecular weight excluding hydrogens is 380 g/mol. The lowest BCUT2D eigenvalue weighted by Crippen LogP contribution is -2.45. The molecule has 29 heavy (non-hydrogen) atoms. The van der Waals surface area contributed by atoms with Gasteiger partial charge in [-0.25, -0.2) is 0 Å². The number of rotatable bonds is 6. The van der Waals surface area contributed by atoms with Crippen molar-refractivity contribution in [3.8, 4) is 0 Å². The Balaban J connectivity index is 1.41. The van der Waals surface area contributed by atoms with Crippen LogP contribution in [0.25, 0.3) is 0 Å². The summed E-state index contributed by atoms with van der Waals surface area (Å²) in [7, 11) is 0. The van der Waals surface area contributed by atoms with Crippen LogP contribution in [0.5, 0.6) is 0 Å². The summed E-state index contributed by atoms with van der Waals surface area (Å²) in [6.07, 6.45) is 6.29. The van der Waals surface area contributed by atoms with Crippen molar-refractivity contribution in [1.82, 2.24) is 10.2 Å². The summed E-state index contributed by atoms with van der Waals surface area (Å²) in [5.41, 5.74) is 3.51. The molecule has 1 atom stereocenters. The zero-order valence-corrected chi connectivity index (χ0v) is 17.8. The largest absolute Gasteiger partial charge is 0.350 e. The Morgan fingerprint density at radius 3 is 2.55 bits per heavy atom. The summed E-state index contributed by atoms with van der Waals surface area (Å²) in [4.78, 5) is 28.2. The van der Waals surface area contributed by atoms with E-state index in [1.165, 1.54) is 21.6 Å². The molecule has 0 spiro atoms. The van der Waals surface area contributed by atoms with Crippen molar-refractivity contribution >= 4 is 23.6 Å². The topological polar surface area (TPSA) is 49.4 Å². The van der Waals surface area contributed by atoms with Crippen LogP contribution in [0.3, 0.4) is 0 Å². The Bertz CT molecular complexity index is 896. The third-order valence-electron chi connectivity index (χ3n) is 6.24. The van der Waals surface area contributed by atoms with Gasteiger partial charge in [-0.15, -0.1) is 11.8 Å². The molecule has 2 aromatic rings. The predicted molar refractivity (Wildman–Crippen MR) is 117 cm³/mol. The van der Waals surface area contributed by atoms with Crippen LogP contribution in [0.4, 0.5) is 0 Å². The van der Waals surface area contributed by atoms with Gasteiger partial charge in [0.2, 0.25) is 11.8 Å². The van der Waals surface area contributed by atoms with Crippen LogP contribution in [-0.4, -0.2) is 35.1 Å². The van der Waals surface area contributed by atoms with Gasteiger partial charge in [-0.05, 0) is 60.8 Å². The summed E-state index contributed by atoms with van der Waals surface area (Å²) in [5.74, 6) is 0.294. The lowest BCUT2D eigenvalue weighted by Gasteiger charge is -2.32. The van der Waals surface area contributed by atoms with E-state index < -0.39 is 0 Å². The molecule has 4 rings (SSSR count). The average Bonchev–Trinajstić information content (AvgIpc) is 3.12. The average molecular weight is 409 g/mol. The van der Waals surface area contributed by atoms with Crippen LogP contribution >= 0.6 is 11.8 Å². The minimum atomic E-state index is -0.304. The van der Waals surface area contributed by atoms with Crippen LogP contribution in [0.1, 0.15) is 42.4 Å². The number of hydrogen-bond acceptors (Lipinski definition) is 3. The zero-order chi connectivity index (χ0) is 20.3. The van der Waals surface area contributed by atoms with Gasteiger partial charge in [0.1, 0.15) is 0 Å². The number of nitrogens with one attached hydrogen (secondary N) is 1. The van der Waals surface area contributed by atoms with Crippen molar-refractivity contribution in [2.75, 3.05) is 12.8 Å². The Hall–Kier alpha value is -2.27. The van der Waals surface area contributed by atoms with Gasteiger partial charge in [-0.2, -0.15) is 0 Å². The molecule has 5 heteroatoms. The van der Waals surface area contributed by atoms with Gasteiger partial charge >= 0.3 is 0 Å². The molecular formula is C24H28N2O2S. The van der Waals surface area contributed by atoms with Crippen LogP contribution in [0, 0.1) is 0 Å². The maximum Gasteiger partial charge on any atom is 0.222 e. The number of thioether (sulfide) groups is 1. The number of hydrogen-bond donors (Lipinski definition) is 1. The van der Waals surface area contributed by atoms with Gasteiger partial charge in [0.25, 0.3) is 0 Å². The quantitative estimate of drug-likeness (QED) is 0.736. The second kappa shape index (κ2) is 8.62. The second-order valence-corrected chi connectivity index (χ2v) is 9.07. The van der Waals surface area contributed by atoms with E-state index in [1.807, 2.05) is 11.0 Å². The standard InChI is InChI=1S/C24H28N2O2S/c1-29-21-8-6-18(7-9-21)16-24(13-10-22(27)25-24)14-11-23(28)26-15-12-19-4-2-3-5-20(19)17-26/h2-9H,10-17H2,1H3,(H,25,27)/t24-/m1/s1. The summed E-state index contributed by atoms with van der Waals surface area (Å²) in [5, 5.41) is 3.20. The van der Waals surface area contributed by atoms with Crippen LogP contribution in [0.2, 0.25) is 0 Å². The molecule has 0 saturated carbocycles. The highest BCUT2D eigenvalue weighted by atomic mass is 32.2.